The molecule has 1 heterocycles. The molecule has 5 nitrogen and oxygen atoms in total. The Kier molecular flexibility index (Phi) is 6.05. The Morgan fingerprint density at radius 1 is 1.12 bits per heavy atom. The first kappa shape index (κ1) is 17.5. The SMILES string of the molecule is O=C(O[C@@H](COc1ccccc1)Cn1ccnc1)c1ccc(I)cc1. The van der Waals surface area contributed by atoms with Crippen LogP contribution >= 0.6 is 22.6 Å². The number of esters is 1. The fourth-order valence-electron chi connectivity index (χ4n) is 2.27. The van der Waals surface area contributed by atoms with Crippen molar-refractivity contribution in [1.29, 1.82) is 0 Å². The van der Waals surface area contributed by atoms with E-state index in [0.29, 0.717) is 12.1 Å². The molecule has 0 aliphatic heterocycles. The Bertz CT molecular complexity index is 789. The molecule has 0 fully saturated rings. The number of benzene rings is 2. The van der Waals surface area contributed by atoms with E-state index in [1.807, 2.05) is 53.2 Å². The summed E-state index contributed by atoms with van der Waals surface area (Å²) in [5.74, 6) is 0.377. The van der Waals surface area contributed by atoms with Crippen LogP contribution < -0.4 is 4.74 Å². The second-order valence-corrected chi connectivity index (χ2v) is 6.66. The Morgan fingerprint density at radius 2 is 1.88 bits per heavy atom. The number of hydrogen-bond donors (Lipinski definition) is 0. The number of ether oxygens (including phenoxy) is 2. The van der Waals surface area contributed by atoms with Gasteiger partial charge in [0.2, 0.25) is 0 Å². The lowest BCUT2D eigenvalue weighted by Gasteiger charge is -2.19. The molecular formula is C19H17IN2O3. The van der Waals surface area contributed by atoms with Gasteiger partial charge in [-0.05, 0) is 59.0 Å². The lowest BCUT2D eigenvalue weighted by atomic mass is 10.2. The topological polar surface area (TPSA) is 53.4 Å². The number of halogens is 1. The predicted octanol–water partition coefficient (Wildman–Crippen LogP) is 3.79. The predicted molar refractivity (Wildman–Crippen MR) is 103 cm³/mol. The normalized spacial score (nSPS) is 11.7. The van der Waals surface area contributed by atoms with Gasteiger partial charge in [0.05, 0.1) is 18.4 Å². The van der Waals surface area contributed by atoms with Crippen molar-refractivity contribution in [2.45, 2.75) is 12.6 Å². The minimum Gasteiger partial charge on any atom is -0.490 e. The van der Waals surface area contributed by atoms with Crippen molar-refractivity contribution < 1.29 is 14.3 Å². The third-order valence-electron chi connectivity index (χ3n) is 3.51. The number of para-hydroxylation sites is 1. The van der Waals surface area contributed by atoms with Crippen LogP contribution in [-0.2, 0) is 11.3 Å². The number of rotatable bonds is 7. The summed E-state index contributed by atoms with van der Waals surface area (Å²) in [5, 5.41) is 0. The Balaban J connectivity index is 1.66. The molecule has 0 unspecified atom stereocenters. The summed E-state index contributed by atoms with van der Waals surface area (Å²) >= 11 is 2.20. The van der Waals surface area contributed by atoms with E-state index in [2.05, 4.69) is 27.6 Å². The molecule has 1 atom stereocenters. The first-order valence-electron chi connectivity index (χ1n) is 7.81. The number of carbonyl (C=O) groups excluding carboxylic acids is 1. The Morgan fingerprint density at radius 3 is 2.56 bits per heavy atom. The molecule has 3 aromatic rings. The molecule has 0 aliphatic carbocycles. The summed E-state index contributed by atoms with van der Waals surface area (Å²) < 4.78 is 14.3. The maximum Gasteiger partial charge on any atom is 0.338 e. The van der Waals surface area contributed by atoms with Crippen molar-refractivity contribution in [3.05, 3.63) is 82.5 Å². The summed E-state index contributed by atoms with van der Waals surface area (Å²) in [5.41, 5.74) is 0.524. The van der Waals surface area contributed by atoms with Gasteiger partial charge in [-0.1, -0.05) is 18.2 Å². The van der Waals surface area contributed by atoms with Crippen LogP contribution in [-0.4, -0.2) is 28.2 Å². The maximum absolute atomic E-state index is 12.4. The van der Waals surface area contributed by atoms with E-state index in [0.717, 1.165) is 9.32 Å². The Labute approximate surface area is 159 Å². The highest BCUT2D eigenvalue weighted by atomic mass is 127. The van der Waals surface area contributed by atoms with Crippen LogP contribution in [0.4, 0.5) is 0 Å². The zero-order chi connectivity index (χ0) is 17.5. The van der Waals surface area contributed by atoms with E-state index >= 15 is 0 Å². The van der Waals surface area contributed by atoms with Crippen LogP contribution in [0.1, 0.15) is 10.4 Å². The fraction of sp³-hybridized carbons (Fsp3) is 0.158. The summed E-state index contributed by atoms with van der Waals surface area (Å²) in [6.45, 7) is 0.737. The third kappa shape index (κ3) is 5.32. The first-order valence-corrected chi connectivity index (χ1v) is 8.89. The summed E-state index contributed by atoms with van der Waals surface area (Å²) in [6, 6.07) is 16.7. The lowest BCUT2D eigenvalue weighted by Crippen LogP contribution is -2.29. The van der Waals surface area contributed by atoms with Gasteiger partial charge in [-0.25, -0.2) is 9.78 Å². The van der Waals surface area contributed by atoms with Crippen molar-refractivity contribution in [2.24, 2.45) is 0 Å². The van der Waals surface area contributed by atoms with Gasteiger partial charge in [-0.3, -0.25) is 0 Å². The van der Waals surface area contributed by atoms with Gasteiger partial charge in [-0.2, -0.15) is 0 Å². The van der Waals surface area contributed by atoms with Crippen molar-refractivity contribution in [2.75, 3.05) is 6.61 Å². The number of carbonyl (C=O) groups is 1. The van der Waals surface area contributed by atoms with E-state index in [1.54, 1.807) is 24.7 Å². The van der Waals surface area contributed by atoms with Gasteiger partial charge in [0.15, 0.2) is 6.10 Å². The molecule has 0 saturated heterocycles. The summed E-state index contributed by atoms with van der Waals surface area (Å²) in [4.78, 5) is 16.4. The number of hydrogen-bond acceptors (Lipinski definition) is 4. The highest BCUT2D eigenvalue weighted by molar-refractivity contribution is 14.1. The molecule has 0 radical (unpaired) electrons. The standard InChI is InChI=1S/C19H17IN2O3/c20-16-8-6-15(7-9-16)19(23)25-18(12-22-11-10-21-14-22)13-24-17-4-2-1-3-5-17/h1-11,14,18H,12-13H2/t18-/m1/s1. The minimum absolute atomic E-state index is 0.262. The Hall–Kier alpha value is -2.35. The number of imidazole rings is 1. The molecule has 1 aromatic heterocycles. The highest BCUT2D eigenvalue weighted by Gasteiger charge is 2.18. The first-order chi connectivity index (χ1) is 12.2. The molecule has 2 aromatic carbocycles. The lowest BCUT2D eigenvalue weighted by molar-refractivity contribution is 0.0125. The van der Waals surface area contributed by atoms with Crippen LogP contribution in [0.2, 0.25) is 0 Å². The molecule has 0 aliphatic rings. The summed E-state index contributed by atoms with van der Waals surface area (Å²) in [7, 11) is 0. The van der Waals surface area contributed by atoms with E-state index < -0.39 is 6.10 Å². The molecule has 0 N–H and O–H groups in total. The van der Waals surface area contributed by atoms with Crippen molar-refractivity contribution >= 4 is 28.6 Å². The zero-order valence-electron chi connectivity index (χ0n) is 13.4. The maximum atomic E-state index is 12.4. The van der Waals surface area contributed by atoms with E-state index in [9.17, 15) is 4.79 Å². The van der Waals surface area contributed by atoms with Gasteiger partial charge in [0, 0.05) is 16.0 Å². The summed E-state index contributed by atoms with van der Waals surface area (Å²) in [6.07, 6.45) is 4.78. The molecule has 0 spiro atoms. The molecule has 0 amide bonds. The molecular weight excluding hydrogens is 431 g/mol. The van der Waals surface area contributed by atoms with Gasteiger partial charge >= 0.3 is 5.97 Å². The molecule has 25 heavy (non-hydrogen) atoms. The number of aromatic nitrogens is 2. The van der Waals surface area contributed by atoms with Crippen LogP contribution in [0.15, 0.2) is 73.3 Å². The molecule has 0 bridgehead atoms. The zero-order valence-corrected chi connectivity index (χ0v) is 15.6. The molecule has 3 rings (SSSR count). The van der Waals surface area contributed by atoms with Crippen LogP contribution in [0.5, 0.6) is 5.75 Å². The monoisotopic (exact) mass is 448 g/mol. The largest absolute Gasteiger partial charge is 0.490 e. The van der Waals surface area contributed by atoms with Crippen molar-refractivity contribution in [3.63, 3.8) is 0 Å². The second-order valence-electron chi connectivity index (χ2n) is 5.42. The van der Waals surface area contributed by atoms with Gasteiger partial charge in [0.25, 0.3) is 0 Å². The van der Waals surface area contributed by atoms with Crippen molar-refractivity contribution in [1.82, 2.24) is 9.55 Å². The molecule has 6 heteroatoms. The van der Waals surface area contributed by atoms with Gasteiger partial charge in [0.1, 0.15) is 12.4 Å². The molecule has 128 valence electrons. The highest BCUT2D eigenvalue weighted by Crippen LogP contribution is 2.13. The van der Waals surface area contributed by atoms with Crippen LogP contribution in [0.3, 0.4) is 0 Å². The fourth-order valence-corrected chi connectivity index (χ4v) is 2.62. The minimum atomic E-state index is -0.429. The van der Waals surface area contributed by atoms with Gasteiger partial charge < -0.3 is 14.0 Å². The van der Waals surface area contributed by atoms with Crippen LogP contribution in [0.25, 0.3) is 0 Å². The van der Waals surface area contributed by atoms with Crippen LogP contribution in [0, 0.1) is 3.57 Å². The second kappa shape index (κ2) is 8.66. The smallest absolute Gasteiger partial charge is 0.338 e. The van der Waals surface area contributed by atoms with Crippen molar-refractivity contribution in [3.8, 4) is 5.75 Å². The molecule has 0 saturated carbocycles. The van der Waals surface area contributed by atoms with E-state index in [1.165, 1.54) is 0 Å². The average molecular weight is 448 g/mol. The average Bonchev–Trinajstić information content (AvgIpc) is 3.14. The third-order valence-corrected chi connectivity index (χ3v) is 4.23. The van der Waals surface area contributed by atoms with Gasteiger partial charge in [-0.15, -0.1) is 0 Å². The van der Waals surface area contributed by atoms with E-state index in [4.69, 9.17) is 9.47 Å². The quantitative estimate of drug-likeness (QED) is 0.408. The van der Waals surface area contributed by atoms with E-state index in [-0.39, 0.29) is 12.6 Å². The number of nitrogens with zero attached hydrogens (tertiary/aromatic N) is 2.